The molecule has 1 aliphatic carbocycles. The maximum absolute atomic E-state index is 13.5. The fourth-order valence-corrected chi connectivity index (χ4v) is 6.75. The number of aryl methyl sites for hydroxylation is 1. The zero-order valence-corrected chi connectivity index (χ0v) is 27.1. The van der Waals surface area contributed by atoms with Crippen LogP contribution in [0.4, 0.5) is 0 Å². The summed E-state index contributed by atoms with van der Waals surface area (Å²) in [5.74, 6) is 2.45. The van der Waals surface area contributed by atoms with Crippen LogP contribution in [-0.4, -0.2) is 54.6 Å². The first-order valence-corrected chi connectivity index (χ1v) is 17.0. The number of thioether (sulfide) groups is 2. The number of nitrogens with one attached hydrogen (secondary N) is 2. The van der Waals surface area contributed by atoms with Gasteiger partial charge in [-0.25, -0.2) is 0 Å². The van der Waals surface area contributed by atoms with Gasteiger partial charge in [0.15, 0.2) is 0 Å². The molecule has 0 spiro atoms. The van der Waals surface area contributed by atoms with Crippen molar-refractivity contribution in [3.63, 3.8) is 0 Å². The van der Waals surface area contributed by atoms with Crippen molar-refractivity contribution in [2.45, 2.75) is 77.4 Å². The topological polar surface area (TPSA) is 90.5 Å². The summed E-state index contributed by atoms with van der Waals surface area (Å²) in [6.45, 7) is 4.85. The third-order valence-corrected chi connectivity index (χ3v) is 9.44. The Labute approximate surface area is 267 Å². The largest absolute Gasteiger partial charge is 1.00 e. The molecule has 0 heterocycles. The fraction of sp³-hybridized carbons (Fsp3) is 0.562. The van der Waals surface area contributed by atoms with Gasteiger partial charge in [-0.2, -0.15) is 23.5 Å². The molecule has 1 aliphatic rings. The Morgan fingerprint density at radius 2 is 1.85 bits per heavy atom. The van der Waals surface area contributed by atoms with E-state index in [4.69, 9.17) is 4.74 Å². The number of ether oxygens (including phenoxy) is 1. The number of aliphatic carboxylic acids is 1. The van der Waals surface area contributed by atoms with Gasteiger partial charge >= 0.3 is 18.9 Å². The van der Waals surface area contributed by atoms with E-state index >= 15 is 0 Å². The van der Waals surface area contributed by atoms with Crippen LogP contribution in [0.15, 0.2) is 36.4 Å². The van der Waals surface area contributed by atoms with Gasteiger partial charge in [0, 0.05) is 23.9 Å². The number of hydrogen-bond donors (Lipinski definition) is 2. The Bertz CT molecular complexity index is 1110. The predicted molar refractivity (Wildman–Crippen MR) is 167 cm³/mol. The Morgan fingerprint density at radius 3 is 2.49 bits per heavy atom. The molecule has 0 aromatic heterocycles. The van der Waals surface area contributed by atoms with Gasteiger partial charge in [0.1, 0.15) is 5.75 Å². The molecular weight excluding hydrogens is 547 g/mol. The van der Waals surface area contributed by atoms with Crippen LogP contribution >= 0.6 is 23.5 Å². The standard InChI is InChI=1S/C32H46N2O4S2.Li/c1-5-40-21-25(17-23-12-7-6-8-13-23)33-20-24-18-27(26-14-10-9-11-22(26)2)28(19-30(24)38-3)31(35)34-29(32(36)37)15-16-39-4;/h9-11,14,18-19,23,25,29,33H,5-8,12-13,15-17,20-21H2,1-4H3,(H,34,35)(H,36,37);/q;+1/p-1/t25-,29-;/m0./s1. The van der Waals surface area contributed by atoms with E-state index in [0.29, 0.717) is 36.1 Å². The van der Waals surface area contributed by atoms with E-state index in [1.54, 1.807) is 13.2 Å². The van der Waals surface area contributed by atoms with Crippen molar-refractivity contribution in [2.24, 2.45) is 5.92 Å². The zero-order valence-electron chi connectivity index (χ0n) is 25.4. The molecule has 1 fully saturated rings. The average Bonchev–Trinajstić information content (AvgIpc) is 2.96. The van der Waals surface area contributed by atoms with Crippen LogP contribution in [-0.2, 0) is 11.3 Å². The van der Waals surface area contributed by atoms with E-state index in [-0.39, 0.29) is 18.9 Å². The molecule has 0 unspecified atom stereocenters. The molecular formula is C32H45LiN2O4S2. The maximum Gasteiger partial charge on any atom is 1.00 e. The van der Waals surface area contributed by atoms with Gasteiger partial charge in [0.25, 0.3) is 5.91 Å². The van der Waals surface area contributed by atoms with Crippen LogP contribution < -0.4 is 39.3 Å². The Hall–Kier alpha value is -1.56. The number of carbonyl (C=O) groups is 2. The summed E-state index contributed by atoms with van der Waals surface area (Å²) in [7, 11) is 1.61. The SMILES string of the molecule is CCSC[C@H](CC1CCCCC1)NCc1cc(-c2ccccc2C)c(C(=O)N[C@@H](CCSC)C(=O)[O-])cc1OC.[Li+]. The molecule has 3 rings (SSSR count). The minimum absolute atomic E-state index is 0. The van der Waals surface area contributed by atoms with Crippen LogP contribution in [0, 0.1) is 12.8 Å². The van der Waals surface area contributed by atoms with Crippen molar-refractivity contribution < 1.29 is 38.3 Å². The quantitative estimate of drug-likeness (QED) is 0.290. The van der Waals surface area contributed by atoms with Gasteiger partial charge < -0.3 is 25.3 Å². The third kappa shape index (κ3) is 10.9. The molecule has 9 heteroatoms. The predicted octanol–water partition coefficient (Wildman–Crippen LogP) is 2.46. The summed E-state index contributed by atoms with van der Waals surface area (Å²) in [5, 5.41) is 18.3. The van der Waals surface area contributed by atoms with E-state index in [0.717, 1.165) is 39.7 Å². The van der Waals surface area contributed by atoms with Crippen LogP contribution in [0.3, 0.4) is 0 Å². The zero-order chi connectivity index (χ0) is 28.9. The molecule has 0 radical (unpaired) electrons. The molecule has 2 aromatic carbocycles. The van der Waals surface area contributed by atoms with Crippen LogP contribution in [0.5, 0.6) is 5.75 Å². The monoisotopic (exact) mass is 592 g/mol. The minimum Gasteiger partial charge on any atom is -0.548 e. The molecule has 1 saturated carbocycles. The van der Waals surface area contributed by atoms with Gasteiger partial charge in [-0.3, -0.25) is 4.79 Å². The van der Waals surface area contributed by atoms with Crippen molar-refractivity contribution in [1.29, 1.82) is 0 Å². The van der Waals surface area contributed by atoms with E-state index in [1.807, 2.05) is 55.3 Å². The van der Waals surface area contributed by atoms with Gasteiger partial charge in [0.05, 0.1) is 24.7 Å². The van der Waals surface area contributed by atoms with Gasteiger partial charge in [0.2, 0.25) is 0 Å². The molecule has 1 amide bonds. The smallest absolute Gasteiger partial charge is 0.548 e. The molecule has 2 N–H and O–H groups in total. The van der Waals surface area contributed by atoms with Crippen LogP contribution in [0.25, 0.3) is 11.1 Å². The number of methoxy groups -OCH3 is 1. The van der Waals surface area contributed by atoms with Crippen molar-refractivity contribution in [3.8, 4) is 16.9 Å². The van der Waals surface area contributed by atoms with Crippen LogP contribution in [0.2, 0.25) is 0 Å². The number of carboxylic acids is 1. The molecule has 220 valence electrons. The van der Waals surface area contributed by atoms with Crippen molar-refractivity contribution in [2.75, 3.05) is 30.6 Å². The Morgan fingerprint density at radius 1 is 1.12 bits per heavy atom. The summed E-state index contributed by atoms with van der Waals surface area (Å²) in [5.41, 5.74) is 4.11. The number of amides is 1. The normalized spacial score (nSPS) is 15.0. The van der Waals surface area contributed by atoms with E-state index in [1.165, 1.54) is 50.3 Å². The molecule has 2 atom stereocenters. The summed E-state index contributed by atoms with van der Waals surface area (Å²) in [6, 6.07) is 11.1. The molecule has 0 aliphatic heterocycles. The van der Waals surface area contributed by atoms with Gasteiger partial charge in [-0.05, 0) is 72.3 Å². The summed E-state index contributed by atoms with van der Waals surface area (Å²) in [6.07, 6.45) is 10.1. The number of benzene rings is 2. The summed E-state index contributed by atoms with van der Waals surface area (Å²) in [4.78, 5) is 25.3. The van der Waals surface area contributed by atoms with Crippen LogP contribution in [0.1, 0.15) is 73.4 Å². The number of carboxylic acid groups (broad SMARTS) is 1. The molecule has 2 aromatic rings. The van der Waals surface area contributed by atoms with E-state index in [2.05, 4.69) is 17.6 Å². The summed E-state index contributed by atoms with van der Waals surface area (Å²) >= 11 is 3.50. The van der Waals surface area contributed by atoms with E-state index in [9.17, 15) is 14.7 Å². The number of carbonyl (C=O) groups excluding carboxylic acids is 2. The van der Waals surface area contributed by atoms with Gasteiger partial charge in [-0.15, -0.1) is 0 Å². The fourth-order valence-electron chi connectivity index (χ4n) is 5.51. The summed E-state index contributed by atoms with van der Waals surface area (Å²) < 4.78 is 5.78. The second-order valence-corrected chi connectivity index (χ2v) is 12.9. The Kier molecular flexibility index (Phi) is 16.4. The molecule has 0 bridgehead atoms. The van der Waals surface area contributed by atoms with Gasteiger partial charge in [-0.1, -0.05) is 63.3 Å². The number of hydrogen-bond acceptors (Lipinski definition) is 7. The molecule has 41 heavy (non-hydrogen) atoms. The van der Waals surface area contributed by atoms with E-state index < -0.39 is 17.9 Å². The van der Waals surface area contributed by atoms with Crippen molar-refractivity contribution in [1.82, 2.24) is 10.6 Å². The third-order valence-electron chi connectivity index (χ3n) is 7.75. The first kappa shape index (κ1) is 35.6. The first-order chi connectivity index (χ1) is 19.4. The Balaban J connectivity index is 0.00000588. The maximum atomic E-state index is 13.5. The first-order valence-electron chi connectivity index (χ1n) is 14.5. The molecule has 6 nitrogen and oxygen atoms in total. The van der Waals surface area contributed by atoms with Crippen molar-refractivity contribution in [3.05, 3.63) is 53.1 Å². The second kappa shape index (κ2) is 18.9. The minimum atomic E-state index is -1.28. The average molecular weight is 593 g/mol. The second-order valence-electron chi connectivity index (χ2n) is 10.6. The molecule has 0 saturated heterocycles. The number of rotatable bonds is 16. The van der Waals surface area contributed by atoms with Crippen molar-refractivity contribution >= 4 is 35.4 Å².